The van der Waals surface area contributed by atoms with E-state index in [9.17, 15) is 14.5 Å². The largest absolute Gasteiger partial charge is 0.494 e. The summed E-state index contributed by atoms with van der Waals surface area (Å²) in [5, 5.41) is 17.1. The lowest BCUT2D eigenvalue weighted by atomic mass is 9.92. The summed E-state index contributed by atoms with van der Waals surface area (Å²) in [6, 6.07) is 14.0. The van der Waals surface area contributed by atoms with Gasteiger partial charge in [0.2, 0.25) is 11.9 Å². The number of benzene rings is 2. The maximum Gasteiger partial charge on any atom is 0.230 e. The minimum absolute atomic E-state index is 0.0305. The number of aliphatic hydroxyl groups excluding tert-OH is 1. The van der Waals surface area contributed by atoms with Gasteiger partial charge in [-0.25, -0.2) is 4.98 Å². The maximum atomic E-state index is 12.8. The van der Waals surface area contributed by atoms with E-state index in [1.54, 1.807) is 34.3 Å². The van der Waals surface area contributed by atoms with Crippen molar-refractivity contribution in [2.24, 2.45) is 5.41 Å². The first kappa shape index (κ1) is 34.0. The molecular formula is C33H45ClN7O4P. The minimum Gasteiger partial charge on any atom is -0.494 e. The lowest BCUT2D eigenvalue weighted by Gasteiger charge is -2.44. The van der Waals surface area contributed by atoms with E-state index >= 15 is 0 Å². The number of amides is 1. The molecule has 0 aliphatic carbocycles. The summed E-state index contributed by atoms with van der Waals surface area (Å²) < 4.78 is 18.6. The highest BCUT2D eigenvalue weighted by atomic mass is 35.5. The standard InChI is InChI=1S/C33H45ClN7O4P/c1-33(2,22-42)31(43)41-18-16-40(17-19-41)23-12-14-39(15-13-23)24-10-11-26(28(20-24)45-3)37-32-35-21-25(34)30(38-32)36-27-8-6-7-9-29(27)46(4,5)44/h6-11,20-21,23,42H,12-19,22H2,1-5H3,(H2,35,36,37,38). The van der Waals surface area contributed by atoms with Gasteiger partial charge in [0.1, 0.15) is 17.9 Å². The van der Waals surface area contributed by atoms with Crippen molar-refractivity contribution in [2.45, 2.75) is 32.7 Å². The number of anilines is 5. The number of hydrogen-bond donors (Lipinski definition) is 3. The number of carbonyl (C=O) groups excluding carboxylic acids is 1. The highest BCUT2D eigenvalue weighted by Gasteiger charge is 2.35. The average Bonchev–Trinajstić information content (AvgIpc) is 3.06. The second-order valence-electron chi connectivity index (χ2n) is 13.0. The van der Waals surface area contributed by atoms with E-state index in [2.05, 4.69) is 36.5 Å². The van der Waals surface area contributed by atoms with Gasteiger partial charge in [-0.15, -0.1) is 0 Å². The first-order chi connectivity index (χ1) is 21.9. The highest BCUT2D eigenvalue weighted by Crippen LogP contribution is 2.39. The van der Waals surface area contributed by atoms with Gasteiger partial charge >= 0.3 is 0 Å². The van der Waals surface area contributed by atoms with Gasteiger partial charge in [-0.1, -0.05) is 23.7 Å². The third kappa shape index (κ3) is 7.77. The number of hydrogen-bond acceptors (Lipinski definition) is 10. The highest BCUT2D eigenvalue weighted by molar-refractivity contribution is 7.70. The van der Waals surface area contributed by atoms with Gasteiger partial charge in [-0.3, -0.25) is 9.69 Å². The van der Waals surface area contributed by atoms with Gasteiger partial charge < -0.3 is 34.8 Å². The molecular weight excluding hydrogens is 625 g/mol. The van der Waals surface area contributed by atoms with Crippen LogP contribution in [0.15, 0.2) is 48.7 Å². The zero-order valence-electron chi connectivity index (χ0n) is 27.3. The summed E-state index contributed by atoms with van der Waals surface area (Å²) in [5.41, 5.74) is 1.76. The molecule has 2 saturated heterocycles. The van der Waals surface area contributed by atoms with Gasteiger partial charge in [-0.05, 0) is 64.3 Å². The topological polar surface area (TPSA) is 123 Å². The molecule has 2 aromatic carbocycles. The number of nitrogens with zero attached hydrogens (tertiary/aromatic N) is 5. The van der Waals surface area contributed by atoms with E-state index in [1.165, 1.54) is 6.20 Å². The fourth-order valence-corrected chi connectivity index (χ4v) is 7.36. The van der Waals surface area contributed by atoms with Crippen molar-refractivity contribution in [3.8, 4) is 5.75 Å². The second-order valence-corrected chi connectivity index (χ2v) is 16.6. The predicted octanol–water partition coefficient (Wildman–Crippen LogP) is 5.01. The normalized spacial score (nSPS) is 16.8. The Labute approximate surface area is 276 Å². The van der Waals surface area contributed by atoms with Crippen LogP contribution in [-0.4, -0.2) is 103 Å². The van der Waals surface area contributed by atoms with E-state index in [4.69, 9.17) is 16.3 Å². The number of nitrogens with one attached hydrogen (secondary N) is 2. The summed E-state index contributed by atoms with van der Waals surface area (Å²) in [4.78, 5) is 28.5. The van der Waals surface area contributed by atoms with Gasteiger partial charge in [0.15, 0.2) is 5.82 Å². The number of ether oxygens (including phenoxy) is 1. The molecule has 1 aromatic heterocycles. The maximum absolute atomic E-state index is 12.8. The Morgan fingerprint density at radius 2 is 1.74 bits per heavy atom. The first-order valence-electron chi connectivity index (χ1n) is 15.7. The number of aliphatic hydroxyl groups is 1. The number of methoxy groups -OCH3 is 1. The van der Waals surface area contributed by atoms with Gasteiger partial charge in [0.05, 0.1) is 36.7 Å². The molecule has 46 heavy (non-hydrogen) atoms. The number of piperidine rings is 1. The van der Waals surface area contributed by atoms with Crippen molar-refractivity contribution in [3.63, 3.8) is 0 Å². The molecule has 2 aliphatic rings. The van der Waals surface area contributed by atoms with Gasteiger partial charge in [-0.2, -0.15) is 4.98 Å². The number of halogens is 1. The minimum atomic E-state index is -2.53. The predicted molar refractivity (Wildman–Crippen MR) is 186 cm³/mol. The quantitative estimate of drug-likeness (QED) is 0.254. The van der Waals surface area contributed by atoms with Crippen LogP contribution in [0.2, 0.25) is 5.02 Å². The molecule has 0 unspecified atom stereocenters. The molecule has 0 atom stereocenters. The number of rotatable bonds is 10. The molecule has 3 heterocycles. The third-order valence-corrected chi connectivity index (χ3v) is 10.7. The molecule has 0 saturated carbocycles. The molecule has 13 heteroatoms. The molecule has 2 fully saturated rings. The SMILES string of the molecule is COc1cc(N2CCC(N3CCN(C(=O)C(C)(C)CO)CC3)CC2)ccc1Nc1ncc(Cl)c(Nc2ccccc2P(C)(C)=O)n1. The molecule has 0 radical (unpaired) electrons. The Kier molecular flexibility index (Phi) is 10.5. The van der Waals surface area contributed by atoms with Crippen molar-refractivity contribution < 1.29 is 19.2 Å². The van der Waals surface area contributed by atoms with Crippen LogP contribution in [0.5, 0.6) is 5.75 Å². The number of piperazine rings is 1. The molecule has 2 aliphatic heterocycles. The fraction of sp³-hybridized carbons (Fsp3) is 0.485. The lowest BCUT2D eigenvalue weighted by Crippen LogP contribution is -2.56. The van der Waals surface area contributed by atoms with Crippen molar-refractivity contribution in [2.75, 3.05) is 81.8 Å². The van der Waals surface area contributed by atoms with Crippen LogP contribution in [0.1, 0.15) is 26.7 Å². The van der Waals surface area contributed by atoms with E-state index in [1.807, 2.05) is 41.3 Å². The Hall–Kier alpha value is -3.37. The van der Waals surface area contributed by atoms with Crippen molar-refractivity contribution in [1.29, 1.82) is 0 Å². The molecule has 1 amide bonds. The van der Waals surface area contributed by atoms with E-state index in [-0.39, 0.29) is 12.5 Å². The number of aromatic nitrogens is 2. The summed E-state index contributed by atoms with van der Waals surface area (Å²) in [5.74, 6) is 1.44. The van der Waals surface area contributed by atoms with Crippen LogP contribution >= 0.6 is 18.7 Å². The van der Waals surface area contributed by atoms with Crippen LogP contribution in [-0.2, 0) is 9.36 Å². The van der Waals surface area contributed by atoms with Gasteiger partial charge in [0.25, 0.3) is 0 Å². The fourth-order valence-electron chi connectivity index (χ4n) is 6.07. The van der Waals surface area contributed by atoms with E-state index < -0.39 is 12.6 Å². The zero-order chi connectivity index (χ0) is 33.1. The Balaban J connectivity index is 1.20. The van der Waals surface area contributed by atoms with Crippen LogP contribution in [0.4, 0.5) is 28.8 Å². The molecule has 0 bridgehead atoms. The average molecular weight is 670 g/mol. The zero-order valence-corrected chi connectivity index (χ0v) is 28.9. The third-order valence-electron chi connectivity index (χ3n) is 8.83. The molecule has 3 aromatic rings. The van der Waals surface area contributed by atoms with E-state index in [0.29, 0.717) is 47.4 Å². The van der Waals surface area contributed by atoms with Crippen molar-refractivity contribution in [1.82, 2.24) is 19.8 Å². The first-order valence-corrected chi connectivity index (χ1v) is 18.7. The molecule has 5 rings (SSSR count). The molecule has 11 nitrogen and oxygen atoms in total. The van der Waals surface area contributed by atoms with Crippen molar-refractivity contribution >= 4 is 58.8 Å². The monoisotopic (exact) mass is 669 g/mol. The van der Waals surface area contributed by atoms with Crippen molar-refractivity contribution in [3.05, 3.63) is 53.7 Å². The number of para-hydroxylation sites is 1. The summed E-state index contributed by atoms with van der Waals surface area (Å²) in [6.07, 6.45) is 3.61. The van der Waals surface area contributed by atoms with E-state index in [0.717, 1.165) is 55.7 Å². The molecule has 0 spiro atoms. The van der Waals surface area contributed by atoms with Crippen LogP contribution in [0, 0.1) is 5.41 Å². The lowest BCUT2D eigenvalue weighted by molar-refractivity contribution is -0.144. The molecule has 3 N–H and O–H groups in total. The Morgan fingerprint density at radius 3 is 2.39 bits per heavy atom. The van der Waals surface area contributed by atoms with Crippen LogP contribution < -0.4 is 25.6 Å². The second kappa shape index (κ2) is 14.2. The number of carbonyl (C=O) groups is 1. The van der Waals surface area contributed by atoms with Crippen LogP contribution in [0.25, 0.3) is 0 Å². The molecule has 248 valence electrons. The Morgan fingerprint density at radius 1 is 1.04 bits per heavy atom. The Bertz CT molecular complexity index is 1580. The summed E-state index contributed by atoms with van der Waals surface area (Å²) >= 11 is 6.44. The smallest absolute Gasteiger partial charge is 0.230 e. The summed E-state index contributed by atoms with van der Waals surface area (Å²) in [7, 11) is -0.890. The van der Waals surface area contributed by atoms with Gasteiger partial charge in [0, 0.05) is 62.4 Å². The summed E-state index contributed by atoms with van der Waals surface area (Å²) in [6.45, 7) is 11.9. The van der Waals surface area contributed by atoms with Crippen LogP contribution in [0.3, 0.4) is 0 Å².